The maximum Gasteiger partial charge on any atom is 0.306 e. The predicted octanol–water partition coefficient (Wildman–Crippen LogP) is 9.10. The molecule has 0 aromatic heterocycles. The molecule has 0 rings (SSSR count). The van der Waals surface area contributed by atoms with Gasteiger partial charge in [0.25, 0.3) is 0 Å². The second kappa shape index (κ2) is 30.9. The van der Waals surface area contributed by atoms with Crippen LogP contribution in [0.5, 0.6) is 0 Å². The van der Waals surface area contributed by atoms with Crippen LogP contribution >= 0.6 is 11.8 Å². The van der Waals surface area contributed by atoms with Gasteiger partial charge in [0.15, 0.2) is 11.2 Å². The molecule has 6 nitrogen and oxygen atoms in total. The van der Waals surface area contributed by atoms with E-state index >= 15 is 0 Å². The fourth-order valence-corrected chi connectivity index (χ4v) is 5.37. The van der Waals surface area contributed by atoms with Crippen molar-refractivity contribution in [1.82, 2.24) is 0 Å². The van der Waals surface area contributed by atoms with Crippen molar-refractivity contribution in [3.05, 3.63) is 0 Å². The average Bonchev–Trinajstić information content (AvgIpc) is 2.93. The number of thioether (sulfide) groups is 1. The zero-order valence-corrected chi connectivity index (χ0v) is 26.9. The molecule has 0 aliphatic heterocycles. The van der Waals surface area contributed by atoms with Crippen LogP contribution in [-0.2, 0) is 23.9 Å². The van der Waals surface area contributed by atoms with Gasteiger partial charge in [-0.2, -0.15) is 0 Å². The Bertz CT molecular complexity index is 597. The number of ether oxygens (including phenoxy) is 2. The summed E-state index contributed by atoms with van der Waals surface area (Å²) in [6.07, 6.45) is 26.3. The van der Waals surface area contributed by atoms with Crippen molar-refractivity contribution in [3.8, 4) is 0 Å². The van der Waals surface area contributed by atoms with Gasteiger partial charge in [0.2, 0.25) is 0 Å². The Morgan fingerprint density at radius 2 is 1.00 bits per heavy atom. The summed E-state index contributed by atoms with van der Waals surface area (Å²) in [5.41, 5.74) is 0. The number of carbonyl (C=O) groups is 3. The topological polar surface area (TPSA) is 89.9 Å². The fourth-order valence-electron chi connectivity index (χ4n) is 4.74. The Morgan fingerprint density at radius 3 is 1.43 bits per heavy atom. The van der Waals surface area contributed by atoms with E-state index in [1.54, 1.807) is 6.92 Å². The quantitative estimate of drug-likeness (QED) is 0.0663. The van der Waals surface area contributed by atoms with Crippen LogP contribution in [0.25, 0.3) is 0 Å². The lowest BCUT2D eigenvalue weighted by molar-refractivity contribution is -0.161. The van der Waals surface area contributed by atoms with Crippen molar-refractivity contribution < 1.29 is 29.0 Å². The number of carbonyl (C=O) groups excluding carboxylic acids is 3. The SMILES string of the molecule is CCCCCCCCCCCCCC(=O)O[C@@H](CO)COC(=O)CCCCCCCCCCCCCSC(C)=O. The van der Waals surface area contributed by atoms with Crippen molar-refractivity contribution in [3.63, 3.8) is 0 Å². The molecule has 0 aliphatic rings. The zero-order chi connectivity index (χ0) is 29.5. The third kappa shape index (κ3) is 29.9. The first-order valence-corrected chi connectivity index (χ1v) is 17.6. The van der Waals surface area contributed by atoms with Crippen LogP contribution in [-0.4, -0.2) is 47.2 Å². The molecule has 0 aliphatic carbocycles. The minimum Gasteiger partial charge on any atom is -0.462 e. The molecule has 1 atom stereocenters. The highest BCUT2D eigenvalue weighted by Gasteiger charge is 2.16. The number of rotatable bonds is 30. The molecule has 0 saturated heterocycles. The van der Waals surface area contributed by atoms with E-state index in [9.17, 15) is 19.5 Å². The summed E-state index contributed by atoms with van der Waals surface area (Å²) in [5, 5.41) is 9.70. The smallest absolute Gasteiger partial charge is 0.306 e. The standard InChI is InChI=1S/C33H62O6S/c1-3-4-5-6-7-8-10-14-17-20-23-26-33(37)39-31(28-34)29-38-32(36)25-22-19-16-13-11-9-12-15-18-21-24-27-40-30(2)35/h31,34H,3-29H2,1-2H3/t31-/m0/s1. The van der Waals surface area contributed by atoms with Crippen molar-refractivity contribution >= 4 is 28.8 Å². The summed E-state index contributed by atoms with van der Waals surface area (Å²) in [6, 6.07) is 0. The summed E-state index contributed by atoms with van der Waals surface area (Å²) < 4.78 is 10.5. The minimum atomic E-state index is -0.774. The normalized spacial score (nSPS) is 11.9. The van der Waals surface area contributed by atoms with Gasteiger partial charge in [0, 0.05) is 25.5 Å². The van der Waals surface area contributed by atoms with Crippen molar-refractivity contribution in [2.75, 3.05) is 19.0 Å². The molecular weight excluding hydrogens is 524 g/mol. The van der Waals surface area contributed by atoms with E-state index in [0.717, 1.165) is 50.7 Å². The van der Waals surface area contributed by atoms with Gasteiger partial charge in [-0.1, -0.05) is 141 Å². The Hall–Kier alpha value is -1.08. The maximum atomic E-state index is 12.1. The van der Waals surface area contributed by atoms with E-state index < -0.39 is 6.10 Å². The largest absolute Gasteiger partial charge is 0.462 e. The highest BCUT2D eigenvalue weighted by Crippen LogP contribution is 2.15. The second-order valence-electron chi connectivity index (χ2n) is 11.2. The molecule has 236 valence electrons. The summed E-state index contributed by atoms with van der Waals surface area (Å²) >= 11 is 1.43. The number of unbranched alkanes of at least 4 members (excludes halogenated alkanes) is 20. The third-order valence-electron chi connectivity index (χ3n) is 7.25. The monoisotopic (exact) mass is 586 g/mol. The fraction of sp³-hybridized carbons (Fsp3) is 0.909. The average molecular weight is 587 g/mol. The number of esters is 2. The molecule has 0 aromatic rings. The summed E-state index contributed by atoms with van der Waals surface area (Å²) in [4.78, 5) is 34.9. The highest BCUT2D eigenvalue weighted by atomic mass is 32.2. The molecule has 0 heterocycles. The van der Waals surface area contributed by atoms with Crippen LogP contribution in [0.1, 0.15) is 168 Å². The molecule has 0 amide bonds. The van der Waals surface area contributed by atoms with Crippen LogP contribution in [0.3, 0.4) is 0 Å². The van der Waals surface area contributed by atoms with Crippen molar-refractivity contribution in [2.24, 2.45) is 0 Å². The summed E-state index contributed by atoms with van der Waals surface area (Å²) in [7, 11) is 0. The van der Waals surface area contributed by atoms with Gasteiger partial charge < -0.3 is 14.6 Å². The molecule has 0 unspecified atom stereocenters. The van der Waals surface area contributed by atoms with Gasteiger partial charge in [-0.15, -0.1) is 0 Å². The van der Waals surface area contributed by atoms with Crippen LogP contribution in [0.4, 0.5) is 0 Å². The van der Waals surface area contributed by atoms with E-state index in [1.807, 2.05) is 0 Å². The van der Waals surface area contributed by atoms with Crippen LogP contribution in [0, 0.1) is 0 Å². The van der Waals surface area contributed by atoms with Gasteiger partial charge in [-0.3, -0.25) is 14.4 Å². The zero-order valence-electron chi connectivity index (χ0n) is 26.1. The molecule has 0 saturated carbocycles. The van der Waals surface area contributed by atoms with Crippen molar-refractivity contribution in [1.29, 1.82) is 0 Å². The van der Waals surface area contributed by atoms with E-state index in [4.69, 9.17) is 9.47 Å². The number of hydrogen-bond acceptors (Lipinski definition) is 7. The molecule has 0 fully saturated rings. The van der Waals surface area contributed by atoms with Crippen LogP contribution in [0.15, 0.2) is 0 Å². The van der Waals surface area contributed by atoms with Crippen LogP contribution < -0.4 is 0 Å². The molecular formula is C33H62O6S. The van der Waals surface area contributed by atoms with Gasteiger partial charge in [0.05, 0.1) is 6.61 Å². The molecule has 1 N–H and O–H groups in total. The van der Waals surface area contributed by atoms with Gasteiger partial charge in [0.1, 0.15) is 6.61 Å². The minimum absolute atomic E-state index is 0.0745. The molecule has 7 heteroatoms. The summed E-state index contributed by atoms with van der Waals surface area (Å²) in [5.74, 6) is 0.342. The van der Waals surface area contributed by atoms with E-state index in [1.165, 1.54) is 108 Å². The molecule has 0 aromatic carbocycles. The Labute approximate surface area is 250 Å². The lowest BCUT2D eigenvalue weighted by Gasteiger charge is -2.15. The first-order valence-electron chi connectivity index (χ1n) is 16.6. The third-order valence-corrected chi connectivity index (χ3v) is 8.15. The Balaban J connectivity index is 3.53. The second-order valence-corrected chi connectivity index (χ2v) is 12.5. The molecule has 0 bridgehead atoms. The lowest BCUT2D eigenvalue weighted by Crippen LogP contribution is -2.28. The van der Waals surface area contributed by atoms with Crippen LogP contribution in [0.2, 0.25) is 0 Å². The number of hydrogen-bond donors (Lipinski definition) is 1. The Kier molecular flexibility index (Phi) is 30.0. The molecule has 40 heavy (non-hydrogen) atoms. The van der Waals surface area contributed by atoms with E-state index in [-0.39, 0.29) is 30.3 Å². The predicted molar refractivity (Wildman–Crippen MR) is 168 cm³/mol. The number of aliphatic hydroxyl groups is 1. The molecule has 0 spiro atoms. The van der Waals surface area contributed by atoms with Crippen molar-refractivity contribution in [2.45, 2.75) is 174 Å². The van der Waals surface area contributed by atoms with Gasteiger partial charge in [-0.25, -0.2) is 0 Å². The number of aliphatic hydroxyl groups excluding tert-OH is 1. The molecule has 0 radical (unpaired) electrons. The first-order chi connectivity index (χ1) is 19.5. The highest BCUT2D eigenvalue weighted by molar-refractivity contribution is 8.13. The van der Waals surface area contributed by atoms with Gasteiger partial charge >= 0.3 is 11.9 Å². The summed E-state index contributed by atoms with van der Waals surface area (Å²) in [6.45, 7) is 3.46. The first kappa shape index (κ1) is 38.9. The Morgan fingerprint density at radius 1 is 0.600 bits per heavy atom. The van der Waals surface area contributed by atoms with Gasteiger partial charge in [-0.05, 0) is 19.3 Å². The maximum absolute atomic E-state index is 12.1. The van der Waals surface area contributed by atoms with E-state index in [2.05, 4.69) is 6.92 Å². The lowest BCUT2D eigenvalue weighted by atomic mass is 10.1. The van der Waals surface area contributed by atoms with E-state index in [0.29, 0.717) is 12.8 Å².